The van der Waals surface area contributed by atoms with Crippen molar-refractivity contribution in [1.29, 1.82) is 0 Å². The predicted molar refractivity (Wildman–Crippen MR) is 140 cm³/mol. The Morgan fingerprint density at radius 3 is 2.56 bits per heavy atom. The van der Waals surface area contributed by atoms with Crippen molar-refractivity contribution >= 4 is 18.0 Å². The standard InChI is InChI=1S/C28H35N3O5/c1-5-14-35-24-13-10-20(15-25(24)34-4)17-29-31-28(33)27(19(2)3)30-26(32)18-36-23-12-11-21-8-6-7-9-22(21)16-23/h5,10-13,15-17,19,27H,1,6-9,14,18H2,2-4H3,(H,30,32)(H,31,33). The van der Waals surface area contributed by atoms with Gasteiger partial charge in [-0.25, -0.2) is 5.43 Å². The van der Waals surface area contributed by atoms with Crippen LogP contribution in [0.1, 0.15) is 43.4 Å². The van der Waals surface area contributed by atoms with E-state index in [1.165, 1.54) is 30.2 Å². The van der Waals surface area contributed by atoms with E-state index in [2.05, 4.69) is 28.5 Å². The number of hydrogen-bond donors (Lipinski definition) is 2. The Bertz CT molecular complexity index is 1100. The second-order valence-corrected chi connectivity index (χ2v) is 8.96. The molecule has 2 N–H and O–H groups in total. The molecule has 192 valence electrons. The molecule has 1 aliphatic carbocycles. The van der Waals surface area contributed by atoms with Crippen molar-refractivity contribution in [3.8, 4) is 17.2 Å². The van der Waals surface area contributed by atoms with E-state index in [9.17, 15) is 9.59 Å². The van der Waals surface area contributed by atoms with Crippen molar-refractivity contribution in [2.75, 3.05) is 20.3 Å². The topological polar surface area (TPSA) is 98.2 Å². The van der Waals surface area contributed by atoms with Gasteiger partial charge in [-0.1, -0.05) is 32.6 Å². The highest BCUT2D eigenvalue weighted by Crippen LogP contribution is 2.27. The van der Waals surface area contributed by atoms with Gasteiger partial charge in [-0.05, 0) is 78.6 Å². The molecule has 0 heterocycles. The van der Waals surface area contributed by atoms with Crippen molar-refractivity contribution in [2.45, 2.75) is 45.6 Å². The number of amides is 2. The number of hydrogen-bond acceptors (Lipinski definition) is 6. The third-order valence-electron chi connectivity index (χ3n) is 5.89. The van der Waals surface area contributed by atoms with E-state index in [4.69, 9.17) is 14.2 Å². The average molecular weight is 494 g/mol. The van der Waals surface area contributed by atoms with Crippen LogP contribution < -0.4 is 25.0 Å². The van der Waals surface area contributed by atoms with Crippen LogP contribution in [0.3, 0.4) is 0 Å². The zero-order valence-corrected chi connectivity index (χ0v) is 21.2. The highest BCUT2D eigenvalue weighted by Gasteiger charge is 2.24. The summed E-state index contributed by atoms with van der Waals surface area (Å²) in [6.07, 6.45) is 7.66. The Hall–Kier alpha value is -3.81. The van der Waals surface area contributed by atoms with Gasteiger partial charge in [-0.3, -0.25) is 9.59 Å². The minimum atomic E-state index is -0.758. The highest BCUT2D eigenvalue weighted by atomic mass is 16.5. The Balaban J connectivity index is 1.53. The van der Waals surface area contributed by atoms with Crippen molar-refractivity contribution in [3.05, 3.63) is 65.7 Å². The maximum absolute atomic E-state index is 12.7. The largest absolute Gasteiger partial charge is 0.493 e. The van der Waals surface area contributed by atoms with Crippen LogP contribution in [0.5, 0.6) is 17.2 Å². The summed E-state index contributed by atoms with van der Waals surface area (Å²) in [5.74, 6) is 0.857. The van der Waals surface area contributed by atoms with Gasteiger partial charge in [0.15, 0.2) is 18.1 Å². The quantitative estimate of drug-likeness (QED) is 0.266. The van der Waals surface area contributed by atoms with Gasteiger partial charge >= 0.3 is 0 Å². The van der Waals surface area contributed by atoms with E-state index in [1.54, 1.807) is 31.4 Å². The number of fused-ring (bicyclic) bond motifs is 1. The fraction of sp³-hybridized carbons (Fsp3) is 0.393. The molecule has 0 aliphatic heterocycles. The van der Waals surface area contributed by atoms with Gasteiger partial charge < -0.3 is 19.5 Å². The first kappa shape index (κ1) is 26.8. The summed E-state index contributed by atoms with van der Waals surface area (Å²) in [5, 5.41) is 6.78. The summed E-state index contributed by atoms with van der Waals surface area (Å²) < 4.78 is 16.6. The van der Waals surface area contributed by atoms with Crippen LogP contribution in [0, 0.1) is 5.92 Å². The van der Waals surface area contributed by atoms with Crippen molar-refractivity contribution in [3.63, 3.8) is 0 Å². The maximum atomic E-state index is 12.7. The van der Waals surface area contributed by atoms with Gasteiger partial charge in [0.1, 0.15) is 18.4 Å². The summed E-state index contributed by atoms with van der Waals surface area (Å²) in [6.45, 7) is 7.53. The molecule has 0 spiro atoms. The zero-order valence-electron chi connectivity index (χ0n) is 21.2. The smallest absolute Gasteiger partial charge is 0.262 e. The third kappa shape index (κ3) is 7.60. The maximum Gasteiger partial charge on any atom is 0.262 e. The van der Waals surface area contributed by atoms with Crippen LogP contribution in [0.25, 0.3) is 0 Å². The molecule has 3 rings (SSSR count). The molecule has 2 aromatic carbocycles. The summed E-state index contributed by atoms with van der Waals surface area (Å²) in [7, 11) is 1.55. The summed E-state index contributed by atoms with van der Waals surface area (Å²) >= 11 is 0. The number of aryl methyl sites for hydroxylation is 2. The Kier molecular flexibility index (Phi) is 9.92. The van der Waals surface area contributed by atoms with Gasteiger partial charge in [-0.2, -0.15) is 5.10 Å². The molecule has 1 unspecified atom stereocenters. The fourth-order valence-electron chi connectivity index (χ4n) is 3.97. The first-order chi connectivity index (χ1) is 17.4. The molecule has 2 amide bonds. The second kappa shape index (κ2) is 13.3. The fourth-order valence-corrected chi connectivity index (χ4v) is 3.97. The molecule has 0 saturated heterocycles. The Morgan fingerprint density at radius 1 is 1.06 bits per heavy atom. The zero-order chi connectivity index (χ0) is 25.9. The minimum absolute atomic E-state index is 0.144. The summed E-state index contributed by atoms with van der Waals surface area (Å²) in [6, 6.07) is 10.5. The van der Waals surface area contributed by atoms with Crippen LogP contribution in [0.4, 0.5) is 0 Å². The minimum Gasteiger partial charge on any atom is -0.493 e. The number of benzene rings is 2. The molecule has 0 aromatic heterocycles. The monoisotopic (exact) mass is 493 g/mol. The van der Waals surface area contributed by atoms with Crippen molar-refractivity contribution < 1.29 is 23.8 Å². The van der Waals surface area contributed by atoms with Gasteiger partial charge in [0.25, 0.3) is 11.8 Å². The molecule has 0 bridgehead atoms. The number of nitrogens with zero attached hydrogens (tertiary/aromatic N) is 1. The molecular formula is C28H35N3O5. The van der Waals surface area contributed by atoms with Gasteiger partial charge in [0.05, 0.1) is 13.3 Å². The molecule has 1 aliphatic rings. The Morgan fingerprint density at radius 2 is 1.83 bits per heavy atom. The van der Waals surface area contributed by atoms with Crippen molar-refractivity contribution in [1.82, 2.24) is 10.7 Å². The number of ether oxygens (including phenoxy) is 3. The third-order valence-corrected chi connectivity index (χ3v) is 5.89. The molecule has 1 atom stereocenters. The van der Waals surface area contributed by atoms with Crippen molar-refractivity contribution in [2.24, 2.45) is 11.0 Å². The highest BCUT2D eigenvalue weighted by molar-refractivity contribution is 5.89. The van der Waals surface area contributed by atoms with E-state index >= 15 is 0 Å². The lowest BCUT2D eigenvalue weighted by molar-refractivity contribution is -0.131. The van der Waals surface area contributed by atoms with Crippen LogP contribution in [-0.2, 0) is 22.4 Å². The van der Waals surface area contributed by atoms with Gasteiger partial charge in [0, 0.05) is 0 Å². The predicted octanol–water partition coefficient (Wildman–Crippen LogP) is 3.81. The number of carbonyl (C=O) groups excluding carboxylic acids is 2. The van der Waals surface area contributed by atoms with E-state index in [-0.39, 0.29) is 18.4 Å². The number of rotatable bonds is 12. The Labute approximate surface area is 212 Å². The number of hydrazone groups is 1. The molecule has 2 aromatic rings. The van der Waals surface area contributed by atoms with E-state index < -0.39 is 11.9 Å². The first-order valence-electron chi connectivity index (χ1n) is 12.2. The molecule has 8 heteroatoms. The second-order valence-electron chi connectivity index (χ2n) is 8.96. The van der Waals surface area contributed by atoms with Gasteiger partial charge in [-0.15, -0.1) is 0 Å². The van der Waals surface area contributed by atoms with E-state index in [1.807, 2.05) is 26.0 Å². The summed E-state index contributed by atoms with van der Waals surface area (Å²) in [4.78, 5) is 25.2. The summed E-state index contributed by atoms with van der Waals surface area (Å²) in [5.41, 5.74) is 5.85. The van der Waals surface area contributed by atoms with Crippen LogP contribution in [-0.4, -0.2) is 44.4 Å². The lowest BCUT2D eigenvalue weighted by atomic mass is 9.92. The number of methoxy groups -OCH3 is 1. The average Bonchev–Trinajstić information content (AvgIpc) is 2.89. The first-order valence-corrected chi connectivity index (χ1v) is 12.2. The molecule has 36 heavy (non-hydrogen) atoms. The number of nitrogens with one attached hydrogen (secondary N) is 2. The lowest BCUT2D eigenvalue weighted by Gasteiger charge is -2.21. The molecule has 0 saturated carbocycles. The van der Waals surface area contributed by atoms with Crippen LogP contribution >= 0.6 is 0 Å². The van der Waals surface area contributed by atoms with Crippen LogP contribution in [0.2, 0.25) is 0 Å². The molecule has 0 fully saturated rings. The van der Waals surface area contributed by atoms with Crippen LogP contribution in [0.15, 0.2) is 54.2 Å². The van der Waals surface area contributed by atoms with Gasteiger partial charge in [0.2, 0.25) is 0 Å². The molecular weight excluding hydrogens is 458 g/mol. The molecule has 8 nitrogen and oxygen atoms in total. The van der Waals surface area contributed by atoms with E-state index in [0.717, 1.165) is 12.8 Å². The normalized spacial score (nSPS) is 13.6. The number of carbonyl (C=O) groups is 2. The molecule has 0 radical (unpaired) electrons. The SMILES string of the molecule is C=CCOc1ccc(C=NNC(=O)C(NC(=O)COc2ccc3c(c2)CCCC3)C(C)C)cc1OC. The van der Waals surface area contributed by atoms with E-state index in [0.29, 0.717) is 29.4 Å². The lowest BCUT2D eigenvalue weighted by Crippen LogP contribution is -2.49.